The number of nitrogens with zero attached hydrogens (tertiary/aromatic N) is 1. The Morgan fingerprint density at radius 3 is 2.37 bits per heavy atom. The van der Waals surface area contributed by atoms with Crippen LogP contribution in [0.25, 0.3) is 0 Å². The summed E-state index contributed by atoms with van der Waals surface area (Å²) in [5, 5.41) is 2.33. The molecule has 2 amide bonds. The molecule has 3 N–H and O–H groups in total. The van der Waals surface area contributed by atoms with Crippen molar-refractivity contribution in [1.29, 1.82) is 0 Å². The number of pyridine rings is 1. The zero-order valence-electron chi connectivity index (χ0n) is 18.6. The molecule has 3 rings (SSSR count). The Morgan fingerprint density at radius 1 is 1.17 bits per heavy atom. The smallest absolute Gasteiger partial charge is 0.419 e. The first-order valence-electron chi connectivity index (χ1n) is 10.2. The molecule has 13 heteroatoms. The van der Waals surface area contributed by atoms with E-state index in [1.54, 1.807) is 0 Å². The molecular formula is C22H21F6N3O4. The molecule has 1 aromatic carbocycles. The van der Waals surface area contributed by atoms with Crippen LogP contribution in [0.1, 0.15) is 41.4 Å². The standard InChI is InChI=1S/C22H21F6N3O4/c1-10-15(12-5-4-6-13(16(12)34-3)21(23,24)25)17(35-20(10,2)22(26,27)28)19(33)31-11-7-8-30-14(9-11)18(29)32/h4-10,15,17H,1-3H3,(H2,29,32)(H,30,31,33)/t10-,15+,17+,20-/m0/s1. The number of carbonyl (C=O) groups excluding carboxylic acids is 2. The van der Waals surface area contributed by atoms with Crippen LogP contribution in [0, 0.1) is 5.92 Å². The number of primary amides is 1. The number of benzene rings is 1. The lowest BCUT2D eigenvalue weighted by atomic mass is 9.76. The predicted octanol–water partition coefficient (Wildman–Crippen LogP) is 4.29. The molecule has 0 saturated carbocycles. The van der Waals surface area contributed by atoms with Gasteiger partial charge in [-0.05, 0) is 25.1 Å². The molecule has 2 heterocycles. The molecule has 190 valence electrons. The summed E-state index contributed by atoms with van der Waals surface area (Å²) in [5.41, 5.74) is 0.564. The number of halogens is 6. The van der Waals surface area contributed by atoms with Gasteiger partial charge in [-0.25, -0.2) is 0 Å². The van der Waals surface area contributed by atoms with Gasteiger partial charge in [0.1, 0.15) is 17.5 Å². The summed E-state index contributed by atoms with van der Waals surface area (Å²) in [6, 6.07) is 5.27. The molecule has 1 saturated heterocycles. The van der Waals surface area contributed by atoms with E-state index in [4.69, 9.17) is 15.2 Å². The first kappa shape index (κ1) is 26.3. The third-order valence-electron chi connectivity index (χ3n) is 6.12. The lowest BCUT2D eigenvalue weighted by molar-refractivity contribution is -0.272. The Morgan fingerprint density at radius 2 is 1.83 bits per heavy atom. The highest BCUT2D eigenvalue weighted by molar-refractivity contribution is 5.97. The van der Waals surface area contributed by atoms with Gasteiger partial charge in [0.05, 0.1) is 12.7 Å². The van der Waals surface area contributed by atoms with Gasteiger partial charge in [0.25, 0.3) is 11.8 Å². The lowest BCUT2D eigenvalue weighted by Gasteiger charge is -2.32. The van der Waals surface area contributed by atoms with E-state index >= 15 is 0 Å². The van der Waals surface area contributed by atoms with E-state index < -0.39 is 59.0 Å². The number of nitrogens with one attached hydrogen (secondary N) is 1. The normalized spacial score (nSPS) is 24.8. The van der Waals surface area contributed by atoms with Crippen LogP contribution in [-0.2, 0) is 15.7 Å². The topological polar surface area (TPSA) is 104 Å². The van der Waals surface area contributed by atoms with Gasteiger partial charge >= 0.3 is 12.4 Å². The highest BCUT2D eigenvalue weighted by atomic mass is 19.4. The van der Waals surface area contributed by atoms with E-state index in [2.05, 4.69) is 10.3 Å². The van der Waals surface area contributed by atoms with E-state index in [0.29, 0.717) is 0 Å². The number of hydrogen-bond acceptors (Lipinski definition) is 5. The Labute approximate surface area is 195 Å². The molecule has 0 unspecified atom stereocenters. The molecule has 0 aliphatic carbocycles. The highest BCUT2D eigenvalue weighted by Crippen LogP contribution is 2.55. The first-order valence-corrected chi connectivity index (χ1v) is 10.2. The quantitative estimate of drug-likeness (QED) is 0.591. The van der Waals surface area contributed by atoms with Crippen molar-refractivity contribution in [1.82, 2.24) is 4.98 Å². The molecule has 0 bridgehead atoms. The Bertz CT molecular complexity index is 1140. The van der Waals surface area contributed by atoms with Crippen molar-refractivity contribution in [2.75, 3.05) is 12.4 Å². The number of carbonyl (C=O) groups is 2. The average molecular weight is 505 g/mol. The van der Waals surface area contributed by atoms with Crippen molar-refractivity contribution in [3.05, 3.63) is 53.3 Å². The number of alkyl halides is 6. The molecule has 1 fully saturated rings. The number of methoxy groups -OCH3 is 1. The van der Waals surface area contributed by atoms with Crippen LogP contribution in [0.3, 0.4) is 0 Å². The fourth-order valence-electron chi connectivity index (χ4n) is 4.15. The summed E-state index contributed by atoms with van der Waals surface area (Å²) in [6.07, 6.45) is -10.5. The first-order chi connectivity index (χ1) is 16.1. The number of amides is 2. The van der Waals surface area contributed by atoms with Crippen LogP contribution in [0.5, 0.6) is 5.75 Å². The summed E-state index contributed by atoms with van der Waals surface area (Å²) in [4.78, 5) is 28.2. The average Bonchev–Trinajstić information content (AvgIpc) is 3.04. The third kappa shape index (κ3) is 4.77. The van der Waals surface area contributed by atoms with Crippen molar-refractivity contribution >= 4 is 17.5 Å². The van der Waals surface area contributed by atoms with Crippen molar-refractivity contribution in [3.8, 4) is 5.75 Å². The number of para-hydroxylation sites is 1. The number of anilines is 1. The van der Waals surface area contributed by atoms with Crippen LogP contribution in [0.2, 0.25) is 0 Å². The maximum atomic E-state index is 14.0. The highest BCUT2D eigenvalue weighted by Gasteiger charge is 2.66. The van der Waals surface area contributed by atoms with Gasteiger partial charge in [0.15, 0.2) is 5.60 Å². The molecule has 1 aromatic heterocycles. The molecule has 35 heavy (non-hydrogen) atoms. The largest absolute Gasteiger partial charge is 0.496 e. The summed E-state index contributed by atoms with van der Waals surface area (Å²) >= 11 is 0. The lowest BCUT2D eigenvalue weighted by Crippen LogP contribution is -2.47. The van der Waals surface area contributed by atoms with E-state index in [-0.39, 0.29) is 16.9 Å². The van der Waals surface area contributed by atoms with Crippen molar-refractivity contribution in [3.63, 3.8) is 0 Å². The molecule has 0 spiro atoms. The van der Waals surface area contributed by atoms with Crippen molar-refractivity contribution < 1.29 is 45.4 Å². The molecule has 4 atom stereocenters. The minimum Gasteiger partial charge on any atom is -0.496 e. The SMILES string of the molecule is COc1c([C@@H]2[C@H](C(=O)Nc3ccnc(C(N)=O)c3)O[C@](C)(C(F)(F)F)[C@H]2C)cccc1C(F)(F)F. The van der Waals surface area contributed by atoms with Gasteiger partial charge in [-0.3, -0.25) is 14.6 Å². The number of aromatic nitrogens is 1. The number of hydrogen-bond donors (Lipinski definition) is 2. The fourth-order valence-corrected chi connectivity index (χ4v) is 4.15. The van der Waals surface area contributed by atoms with Gasteiger partial charge in [-0.15, -0.1) is 0 Å². The van der Waals surface area contributed by atoms with E-state index in [1.807, 2.05) is 0 Å². The van der Waals surface area contributed by atoms with Gasteiger partial charge in [0, 0.05) is 29.3 Å². The summed E-state index contributed by atoms with van der Waals surface area (Å²) in [5.74, 6) is -5.66. The minimum atomic E-state index is -4.95. The van der Waals surface area contributed by atoms with Gasteiger partial charge in [-0.2, -0.15) is 26.3 Å². The number of nitrogens with two attached hydrogens (primary N) is 1. The fraction of sp³-hybridized carbons (Fsp3) is 0.409. The second kappa shape index (κ2) is 9.02. The van der Waals surface area contributed by atoms with Crippen LogP contribution in [0.4, 0.5) is 32.0 Å². The Hall–Kier alpha value is -3.35. The second-order valence-electron chi connectivity index (χ2n) is 8.17. The molecule has 1 aliphatic rings. The number of ether oxygens (including phenoxy) is 2. The van der Waals surface area contributed by atoms with Crippen LogP contribution in [0.15, 0.2) is 36.5 Å². The zero-order chi connectivity index (χ0) is 26.3. The maximum Gasteiger partial charge on any atom is 0.419 e. The third-order valence-corrected chi connectivity index (χ3v) is 6.12. The molecule has 1 aliphatic heterocycles. The van der Waals surface area contributed by atoms with Crippen LogP contribution >= 0.6 is 0 Å². The van der Waals surface area contributed by atoms with Crippen LogP contribution in [-0.4, -0.2) is 41.8 Å². The van der Waals surface area contributed by atoms with Gasteiger partial charge in [0.2, 0.25) is 0 Å². The summed E-state index contributed by atoms with van der Waals surface area (Å²) in [6.45, 7) is 1.87. The predicted molar refractivity (Wildman–Crippen MR) is 111 cm³/mol. The molecule has 0 radical (unpaired) electrons. The maximum absolute atomic E-state index is 14.0. The van der Waals surface area contributed by atoms with Gasteiger partial charge < -0.3 is 20.5 Å². The Balaban J connectivity index is 2.11. The molecule has 7 nitrogen and oxygen atoms in total. The van der Waals surface area contributed by atoms with E-state index in [9.17, 15) is 35.9 Å². The minimum absolute atomic E-state index is 0.0228. The van der Waals surface area contributed by atoms with E-state index in [1.165, 1.54) is 12.1 Å². The van der Waals surface area contributed by atoms with Gasteiger partial charge in [-0.1, -0.05) is 19.1 Å². The molecular weight excluding hydrogens is 484 g/mol. The molecule has 2 aromatic rings. The summed E-state index contributed by atoms with van der Waals surface area (Å²) < 4.78 is 93.0. The van der Waals surface area contributed by atoms with Crippen LogP contribution < -0.4 is 15.8 Å². The Kier molecular flexibility index (Phi) is 6.77. The van der Waals surface area contributed by atoms with Crippen molar-refractivity contribution in [2.24, 2.45) is 11.7 Å². The van der Waals surface area contributed by atoms with Crippen molar-refractivity contribution in [2.45, 2.75) is 43.8 Å². The van der Waals surface area contributed by atoms with E-state index in [0.717, 1.165) is 45.4 Å². The summed E-state index contributed by atoms with van der Waals surface area (Å²) in [7, 11) is 0.953. The second-order valence-corrected chi connectivity index (χ2v) is 8.17. The zero-order valence-corrected chi connectivity index (χ0v) is 18.6. The number of rotatable bonds is 5. The monoisotopic (exact) mass is 505 g/mol.